The Morgan fingerprint density at radius 2 is 0.899 bits per heavy atom. The van der Waals surface area contributed by atoms with Gasteiger partial charge in [0.2, 0.25) is 0 Å². The van der Waals surface area contributed by atoms with Gasteiger partial charge in [0, 0.05) is 16.7 Å². The third-order valence-corrected chi connectivity index (χ3v) is 18.6. The van der Waals surface area contributed by atoms with E-state index in [9.17, 15) is 0 Å². The summed E-state index contributed by atoms with van der Waals surface area (Å²) in [5.41, 5.74) is 26.7. The molecule has 0 amide bonds. The highest BCUT2D eigenvalue weighted by Gasteiger charge is 2.53. The van der Waals surface area contributed by atoms with Crippen molar-refractivity contribution in [2.75, 3.05) is 4.90 Å². The first-order chi connectivity index (χ1) is 33.5. The molecule has 8 aromatic carbocycles. The Morgan fingerprint density at radius 3 is 1.51 bits per heavy atom. The lowest BCUT2D eigenvalue weighted by Crippen LogP contribution is -2.48. The Balaban J connectivity index is 1.01. The van der Waals surface area contributed by atoms with Gasteiger partial charge in [-0.3, -0.25) is 0 Å². The maximum absolute atomic E-state index is 2.65. The van der Waals surface area contributed by atoms with E-state index < -0.39 is 5.41 Å². The lowest BCUT2D eigenvalue weighted by molar-refractivity contribution is -0.00518. The highest BCUT2D eigenvalue weighted by molar-refractivity contribution is 5.99. The van der Waals surface area contributed by atoms with Crippen LogP contribution in [0.1, 0.15) is 142 Å². The van der Waals surface area contributed by atoms with Crippen LogP contribution < -0.4 is 4.90 Å². The minimum Gasteiger partial charge on any atom is -0.310 e. The fourth-order valence-electron chi connectivity index (χ4n) is 15.9. The number of hydrogen-bond donors (Lipinski definition) is 0. The third kappa shape index (κ3) is 5.77. The Kier molecular flexibility index (Phi) is 8.90. The lowest BCUT2D eigenvalue weighted by atomic mass is 9.48. The van der Waals surface area contributed by atoms with Crippen LogP contribution in [0.15, 0.2) is 170 Å². The van der Waals surface area contributed by atoms with Crippen LogP contribution in [0.4, 0.5) is 17.1 Å². The zero-order valence-electron chi connectivity index (χ0n) is 41.2. The van der Waals surface area contributed by atoms with E-state index in [4.69, 9.17) is 0 Å². The molecule has 4 bridgehead atoms. The highest BCUT2D eigenvalue weighted by Crippen LogP contribution is 2.65. The molecule has 4 saturated carbocycles. The molecule has 8 aromatic rings. The largest absolute Gasteiger partial charge is 0.310 e. The van der Waals surface area contributed by atoms with Gasteiger partial charge < -0.3 is 4.90 Å². The molecule has 15 rings (SSSR count). The minimum atomic E-state index is -0.477. The minimum absolute atomic E-state index is 0.215. The number of benzene rings is 8. The van der Waals surface area contributed by atoms with Crippen LogP contribution in [0.25, 0.3) is 44.5 Å². The summed E-state index contributed by atoms with van der Waals surface area (Å²) in [5, 5.41) is 0. The van der Waals surface area contributed by atoms with Crippen LogP contribution in [-0.4, -0.2) is 0 Å². The molecule has 1 nitrogen and oxygen atoms in total. The average molecular weight is 894 g/mol. The SMILES string of the molecule is CC(C)c1ccc2c(c1)C1(c3ccccc3-c3ccc(N(c4ccccc4-c4ccc(C56CC7CC(CC(C7)C5)C6)cc4)c4cccc5c4C(C)(C)c4ccccc4-5)cc31)c1cc(C(C)C)ccc1-2. The summed E-state index contributed by atoms with van der Waals surface area (Å²) in [6.45, 7) is 14.2. The van der Waals surface area contributed by atoms with E-state index >= 15 is 0 Å². The van der Waals surface area contributed by atoms with Crippen molar-refractivity contribution in [2.45, 2.75) is 108 Å². The topological polar surface area (TPSA) is 3.24 Å². The van der Waals surface area contributed by atoms with Gasteiger partial charge in [-0.15, -0.1) is 0 Å². The molecule has 0 N–H and O–H groups in total. The Labute approximate surface area is 410 Å². The molecule has 0 saturated heterocycles. The predicted molar refractivity (Wildman–Crippen MR) is 288 cm³/mol. The molecule has 69 heavy (non-hydrogen) atoms. The monoisotopic (exact) mass is 893 g/mol. The summed E-state index contributed by atoms with van der Waals surface area (Å²) in [6.07, 6.45) is 8.57. The highest BCUT2D eigenvalue weighted by atomic mass is 15.1. The molecule has 0 unspecified atom stereocenters. The van der Waals surface area contributed by atoms with Crippen LogP contribution in [0, 0.1) is 17.8 Å². The number of nitrogens with zero attached hydrogens (tertiary/aromatic N) is 1. The van der Waals surface area contributed by atoms with Crippen molar-refractivity contribution in [3.8, 4) is 44.5 Å². The Morgan fingerprint density at radius 1 is 0.420 bits per heavy atom. The quantitative estimate of drug-likeness (QED) is 0.154. The van der Waals surface area contributed by atoms with Crippen LogP contribution in [0.3, 0.4) is 0 Å². The maximum Gasteiger partial charge on any atom is 0.0726 e. The molecule has 0 heterocycles. The summed E-state index contributed by atoms with van der Waals surface area (Å²) < 4.78 is 0. The standard InChI is InChI=1S/C68H63N/c1-41(2)47-24-29-54-55-30-25-48(42(3)4)36-61(55)68(60(54)35-47)59-19-11-8-15-52(59)56-31-28-50(37-62(56)68)69(64-21-13-17-57-53-16-7-10-18-58(53)66(5,6)65(57)64)63-20-12-9-14-51(63)46-22-26-49(27-23-46)67-38-43-32-44(39-67)34-45(33-43)40-67/h7-31,35-37,41-45H,32-34,38-40H2,1-6H3. The van der Waals surface area contributed by atoms with Crippen LogP contribution in [-0.2, 0) is 16.2 Å². The zero-order chi connectivity index (χ0) is 46.6. The van der Waals surface area contributed by atoms with Crippen molar-refractivity contribution in [2.24, 2.45) is 17.8 Å². The van der Waals surface area contributed by atoms with E-state index in [2.05, 4.69) is 216 Å². The van der Waals surface area contributed by atoms with Crippen LogP contribution in [0.2, 0.25) is 0 Å². The van der Waals surface area contributed by atoms with Crippen LogP contribution >= 0.6 is 0 Å². The molecule has 0 radical (unpaired) electrons. The van der Waals surface area contributed by atoms with E-state index in [-0.39, 0.29) is 5.41 Å². The summed E-state index contributed by atoms with van der Waals surface area (Å²) in [6, 6.07) is 67.0. The third-order valence-electron chi connectivity index (χ3n) is 18.6. The summed E-state index contributed by atoms with van der Waals surface area (Å²) >= 11 is 0. The van der Waals surface area contributed by atoms with E-state index in [1.54, 1.807) is 5.56 Å². The molecule has 4 fully saturated rings. The number of para-hydroxylation sites is 1. The number of anilines is 3. The van der Waals surface area contributed by atoms with E-state index in [1.165, 1.54) is 145 Å². The molecular weight excluding hydrogens is 831 g/mol. The maximum atomic E-state index is 2.65. The Hall–Kier alpha value is -6.44. The van der Waals surface area contributed by atoms with Gasteiger partial charge in [0.1, 0.15) is 0 Å². The van der Waals surface area contributed by atoms with Gasteiger partial charge in [0.25, 0.3) is 0 Å². The molecule has 1 spiro atoms. The van der Waals surface area contributed by atoms with Crippen molar-refractivity contribution in [1.29, 1.82) is 0 Å². The summed E-state index contributed by atoms with van der Waals surface area (Å²) in [7, 11) is 0. The van der Waals surface area contributed by atoms with Crippen molar-refractivity contribution < 1.29 is 0 Å². The molecule has 0 atom stereocenters. The van der Waals surface area contributed by atoms with Gasteiger partial charge in [-0.25, -0.2) is 0 Å². The average Bonchev–Trinajstić information content (AvgIpc) is 3.91. The van der Waals surface area contributed by atoms with Crippen molar-refractivity contribution in [3.05, 3.63) is 220 Å². The zero-order valence-corrected chi connectivity index (χ0v) is 41.2. The van der Waals surface area contributed by atoms with Crippen molar-refractivity contribution >= 4 is 17.1 Å². The fraction of sp³-hybridized carbons (Fsp3) is 0.294. The summed E-state index contributed by atoms with van der Waals surface area (Å²) in [5.74, 6) is 3.59. The van der Waals surface area contributed by atoms with Crippen molar-refractivity contribution in [3.63, 3.8) is 0 Å². The molecular formula is C68H63N. The molecule has 7 aliphatic rings. The van der Waals surface area contributed by atoms with Crippen molar-refractivity contribution in [1.82, 2.24) is 0 Å². The van der Waals surface area contributed by atoms with E-state index in [1.807, 2.05) is 0 Å². The normalized spacial score (nSPS) is 22.1. The van der Waals surface area contributed by atoms with Gasteiger partial charge >= 0.3 is 0 Å². The first-order valence-electron chi connectivity index (χ1n) is 26.3. The second-order valence-electron chi connectivity index (χ2n) is 23.4. The Bertz CT molecular complexity index is 3320. The lowest BCUT2D eigenvalue weighted by Gasteiger charge is -2.57. The molecule has 0 aromatic heterocycles. The van der Waals surface area contributed by atoms with Gasteiger partial charge in [0.15, 0.2) is 0 Å². The van der Waals surface area contributed by atoms with Gasteiger partial charge in [-0.1, -0.05) is 187 Å². The van der Waals surface area contributed by atoms with Gasteiger partial charge in [-0.2, -0.15) is 0 Å². The summed E-state index contributed by atoms with van der Waals surface area (Å²) in [4.78, 5) is 2.65. The smallest absolute Gasteiger partial charge is 0.0726 e. The van der Waals surface area contributed by atoms with E-state index in [0.29, 0.717) is 17.3 Å². The first-order valence-corrected chi connectivity index (χ1v) is 26.3. The molecule has 340 valence electrons. The molecule has 0 aliphatic heterocycles. The van der Waals surface area contributed by atoms with Gasteiger partial charge in [0.05, 0.1) is 16.8 Å². The first kappa shape index (κ1) is 41.5. The molecule has 7 aliphatic carbocycles. The van der Waals surface area contributed by atoms with Crippen LogP contribution in [0.5, 0.6) is 0 Å². The van der Waals surface area contributed by atoms with Gasteiger partial charge in [-0.05, 0) is 187 Å². The predicted octanol–water partition coefficient (Wildman–Crippen LogP) is 18.2. The second kappa shape index (κ2) is 14.8. The fourth-order valence-corrected chi connectivity index (χ4v) is 15.9. The van der Waals surface area contributed by atoms with E-state index in [0.717, 1.165) is 17.8 Å². The number of hydrogen-bond acceptors (Lipinski definition) is 1. The molecule has 1 heteroatoms. The number of rotatable bonds is 7. The second-order valence-corrected chi connectivity index (χ2v) is 23.4. The number of fused-ring (bicyclic) bond motifs is 13.